The van der Waals surface area contributed by atoms with E-state index in [2.05, 4.69) is 23.0 Å². The lowest BCUT2D eigenvalue weighted by Gasteiger charge is -2.43. The molecule has 1 aromatic rings. The smallest absolute Gasteiger partial charge is 0.347 e. The predicted molar refractivity (Wildman–Crippen MR) is 78.4 cm³/mol. The second-order valence-corrected chi connectivity index (χ2v) is 5.47. The highest BCUT2D eigenvalue weighted by molar-refractivity contribution is 6.06. The van der Waals surface area contributed by atoms with Crippen molar-refractivity contribution in [2.45, 2.75) is 37.8 Å². The van der Waals surface area contributed by atoms with Gasteiger partial charge in [0.2, 0.25) is 0 Å². The average Bonchev–Trinajstić information content (AvgIpc) is 2.69. The van der Waals surface area contributed by atoms with Crippen LogP contribution in [0.5, 0.6) is 0 Å². The fourth-order valence-electron chi connectivity index (χ4n) is 3.32. The average molecular weight is 267 g/mol. The molecule has 2 aliphatic rings. The first kappa shape index (κ1) is 12.7. The highest BCUT2D eigenvalue weighted by Crippen LogP contribution is 2.38. The van der Waals surface area contributed by atoms with Gasteiger partial charge in [0.1, 0.15) is 11.4 Å². The monoisotopic (exact) mass is 267 g/mol. The summed E-state index contributed by atoms with van der Waals surface area (Å²) in [5, 5.41) is 0. The first-order valence-corrected chi connectivity index (χ1v) is 6.79. The molecule has 4 nitrogen and oxygen atoms in total. The van der Waals surface area contributed by atoms with Crippen LogP contribution in [0.1, 0.15) is 24.5 Å². The van der Waals surface area contributed by atoms with Crippen LogP contribution < -0.4 is 5.73 Å². The van der Waals surface area contributed by atoms with Crippen molar-refractivity contribution < 1.29 is 4.79 Å². The van der Waals surface area contributed by atoms with E-state index in [1.807, 2.05) is 19.1 Å². The van der Waals surface area contributed by atoms with Gasteiger partial charge in [0, 0.05) is 6.42 Å². The van der Waals surface area contributed by atoms with Gasteiger partial charge in [-0.15, -0.1) is 6.42 Å². The largest absolute Gasteiger partial charge is 0.385 e. The predicted octanol–water partition coefficient (Wildman–Crippen LogP) is 1.73. The Bertz CT molecular complexity index is 643. The molecule has 0 bridgehead atoms. The van der Waals surface area contributed by atoms with Crippen LogP contribution in [-0.2, 0) is 12.8 Å². The highest BCUT2D eigenvalue weighted by atomic mass is 16.2. The van der Waals surface area contributed by atoms with E-state index in [0.29, 0.717) is 12.3 Å². The Kier molecular flexibility index (Phi) is 2.79. The van der Waals surface area contributed by atoms with Gasteiger partial charge in [0.05, 0.1) is 6.04 Å². The molecule has 1 heterocycles. The van der Waals surface area contributed by atoms with Gasteiger partial charge in [-0.25, -0.2) is 4.79 Å². The summed E-state index contributed by atoms with van der Waals surface area (Å²) in [7, 11) is 0. The van der Waals surface area contributed by atoms with Crippen molar-refractivity contribution in [2.75, 3.05) is 0 Å². The summed E-state index contributed by atoms with van der Waals surface area (Å²) in [5.74, 6) is 3.03. The molecule has 4 heteroatoms. The third kappa shape index (κ3) is 1.63. The zero-order valence-electron chi connectivity index (χ0n) is 11.5. The molecule has 2 N–H and O–H groups in total. The summed E-state index contributed by atoms with van der Waals surface area (Å²) in [6, 6.07) is 7.64. The van der Waals surface area contributed by atoms with Crippen LogP contribution >= 0.6 is 0 Å². The Morgan fingerprint density at radius 3 is 2.85 bits per heavy atom. The fourth-order valence-corrected chi connectivity index (χ4v) is 3.32. The topological polar surface area (TPSA) is 58.7 Å². The molecule has 0 saturated carbocycles. The lowest BCUT2D eigenvalue weighted by atomic mass is 9.76. The number of carbonyl (C=O) groups excluding carboxylic acids is 1. The van der Waals surface area contributed by atoms with E-state index >= 15 is 0 Å². The Morgan fingerprint density at radius 2 is 2.15 bits per heavy atom. The first-order valence-electron chi connectivity index (χ1n) is 6.79. The number of terminal acetylenes is 1. The summed E-state index contributed by atoms with van der Waals surface area (Å²) < 4.78 is 0. The van der Waals surface area contributed by atoms with Gasteiger partial charge >= 0.3 is 6.03 Å². The summed E-state index contributed by atoms with van der Waals surface area (Å²) in [6.07, 6.45) is 7.86. The van der Waals surface area contributed by atoms with Gasteiger partial charge in [-0.3, -0.25) is 4.90 Å². The number of amides is 2. The van der Waals surface area contributed by atoms with Crippen LogP contribution in [-0.4, -0.2) is 28.3 Å². The second-order valence-electron chi connectivity index (χ2n) is 5.47. The van der Waals surface area contributed by atoms with E-state index < -0.39 is 5.54 Å². The molecule has 20 heavy (non-hydrogen) atoms. The summed E-state index contributed by atoms with van der Waals surface area (Å²) in [6.45, 7) is 1.84. The quantitative estimate of drug-likeness (QED) is 0.788. The maximum atomic E-state index is 12.1. The molecule has 1 aliphatic heterocycles. The molecule has 1 aliphatic carbocycles. The maximum Gasteiger partial charge on any atom is 0.347 e. The number of hydrogen-bond acceptors (Lipinski definition) is 2. The van der Waals surface area contributed by atoms with Crippen LogP contribution in [0.15, 0.2) is 29.3 Å². The number of aliphatic imine (C=N–C) groups is 1. The van der Waals surface area contributed by atoms with Crippen molar-refractivity contribution in [2.24, 2.45) is 10.7 Å². The Labute approximate surface area is 118 Å². The van der Waals surface area contributed by atoms with Crippen molar-refractivity contribution >= 4 is 11.9 Å². The second kappa shape index (κ2) is 4.38. The molecule has 2 atom stereocenters. The minimum absolute atomic E-state index is 0.308. The molecule has 102 valence electrons. The minimum Gasteiger partial charge on any atom is -0.385 e. The molecule has 0 radical (unpaired) electrons. The maximum absolute atomic E-state index is 12.1. The number of amidine groups is 1. The van der Waals surface area contributed by atoms with Crippen molar-refractivity contribution in [1.82, 2.24) is 4.90 Å². The fraction of sp³-hybridized carbons (Fsp3) is 0.375. The van der Waals surface area contributed by atoms with Crippen LogP contribution in [0.25, 0.3) is 0 Å². The SMILES string of the molecule is C#CC(C)N1C(=O)N=C(N)C12CCc1ccccc1C2. The third-order valence-electron chi connectivity index (χ3n) is 4.40. The Morgan fingerprint density at radius 1 is 1.45 bits per heavy atom. The number of nitrogens with two attached hydrogens (primary N) is 1. The molecule has 0 saturated heterocycles. The van der Waals surface area contributed by atoms with Crippen molar-refractivity contribution in [3.05, 3.63) is 35.4 Å². The standard InChI is InChI=1S/C16H17N3O/c1-3-11(2)19-15(20)18-14(17)16(19)9-8-12-6-4-5-7-13(12)10-16/h1,4-7,11H,8-10H2,2H3,(H2,17,18,20). The minimum atomic E-state index is -0.544. The first-order chi connectivity index (χ1) is 9.58. The summed E-state index contributed by atoms with van der Waals surface area (Å²) >= 11 is 0. The third-order valence-corrected chi connectivity index (χ3v) is 4.40. The summed E-state index contributed by atoms with van der Waals surface area (Å²) in [5.41, 5.74) is 8.09. The molecule has 0 aromatic heterocycles. The molecule has 2 amide bonds. The lowest BCUT2D eigenvalue weighted by Crippen LogP contribution is -2.59. The van der Waals surface area contributed by atoms with E-state index in [0.717, 1.165) is 12.8 Å². The Hall–Kier alpha value is -2.28. The van der Waals surface area contributed by atoms with Crippen LogP contribution in [0, 0.1) is 12.3 Å². The summed E-state index contributed by atoms with van der Waals surface area (Å²) in [4.78, 5) is 17.8. The number of urea groups is 1. The van der Waals surface area contributed by atoms with Gasteiger partial charge in [-0.05, 0) is 30.9 Å². The molecule has 2 unspecified atom stereocenters. The van der Waals surface area contributed by atoms with Crippen molar-refractivity contribution in [1.29, 1.82) is 0 Å². The van der Waals surface area contributed by atoms with Gasteiger partial charge < -0.3 is 5.73 Å². The molecule has 1 aromatic carbocycles. The van der Waals surface area contributed by atoms with Gasteiger partial charge in [-0.1, -0.05) is 30.2 Å². The van der Waals surface area contributed by atoms with E-state index in [4.69, 9.17) is 12.2 Å². The number of benzene rings is 1. The number of carbonyl (C=O) groups is 1. The van der Waals surface area contributed by atoms with Gasteiger partial charge in [0.15, 0.2) is 0 Å². The molecular formula is C16H17N3O. The van der Waals surface area contributed by atoms with E-state index in [9.17, 15) is 4.79 Å². The Balaban J connectivity index is 2.05. The van der Waals surface area contributed by atoms with Crippen LogP contribution in [0.4, 0.5) is 4.79 Å². The number of fused-ring (bicyclic) bond motifs is 1. The van der Waals surface area contributed by atoms with Crippen molar-refractivity contribution in [3.63, 3.8) is 0 Å². The van der Waals surface area contributed by atoms with Crippen LogP contribution in [0.3, 0.4) is 0 Å². The molecule has 0 fully saturated rings. The van der Waals surface area contributed by atoms with Gasteiger partial charge in [-0.2, -0.15) is 4.99 Å². The van der Waals surface area contributed by atoms with Crippen molar-refractivity contribution in [3.8, 4) is 12.3 Å². The number of nitrogens with zero attached hydrogens (tertiary/aromatic N) is 2. The molecular weight excluding hydrogens is 250 g/mol. The number of aryl methyl sites for hydroxylation is 1. The lowest BCUT2D eigenvalue weighted by molar-refractivity contribution is 0.148. The zero-order chi connectivity index (χ0) is 14.3. The molecule has 1 spiro atoms. The molecule has 3 rings (SSSR count). The van der Waals surface area contributed by atoms with Gasteiger partial charge in [0.25, 0.3) is 0 Å². The number of rotatable bonds is 1. The van der Waals surface area contributed by atoms with Crippen LogP contribution in [0.2, 0.25) is 0 Å². The van der Waals surface area contributed by atoms with E-state index in [-0.39, 0.29) is 12.1 Å². The van der Waals surface area contributed by atoms with E-state index in [1.165, 1.54) is 11.1 Å². The normalized spacial score (nSPS) is 26.1. The zero-order valence-corrected chi connectivity index (χ0v) is 11.5. The number of hydrogen-bond donors (Lipinski definition) is 1. The van der Waals surface area contributed by atoms with E-state index in [1.54, 1.807) is 4.90 Å². The highest BCUT2D eigenvalue weighted by Gasteiger charge is 2.51.